The summed E-state index contributed by atoms with van der Waals surface area (Å²) in [4.78, 5) is 30.1. The second-order valence-electron chi connectivity index (χ2n) is 5.37. The van der Waals surface area contributed by atoms with Crippen molar-refractivity contribution in [2.75, 3.05) is 13.1 Å². The number of likely N-dealkylation sites (tertiary alicyclic amines) is 1. The number of imidazole rings is 1. The quantitative estimate of drug-likeness (QED) is 0.775. The number of likely N-dealkylation sites (N-methyl/N-ethyl adjacent to an activating group) is 1. The fourth-order valence-electron chi connectivity index (χ4n) is 2.68. The van der Waals surface area contributed by atoms with Gasteiger partial charge < -0.3 is 20.5 Å². The molecule has 1 fully saturated rings. The first kappa shape index (κ1) is 15.5. The number of aromatic nitrogens is 2. The first-order valence-corrected chi connectivity index (χ1v) is 7.33. The molecule has 0 spiro atoms. The molecule has 21 heavy (non-hydrogen) atoms. The van der Waals surface area contributed by atoms with E-state index in [2.05, 4.69) is 10.3 Å². The van der Waals surface area contributed by atoms with Crippen molar-refractivity contribution >= 4 is 11.8 Å². The van der Waals surface area contributed by atoms with E-state index in [4.69, 9.17) is 5.73 Å². The Kier molecular flexibility index (Phi) is 4.95. The lowest BCUT2D eigenvalue weighted by Gasteiger charge is -2.23. The molecule has 2 heterocycles. The van der Waals surface area contributed by atoms with Crippen LogP contribution >= 0.6 is 0 Å². The van der Waals surface area contributed by atoms with Crippen LogP contribution in [-0.2, 0) is 16.1 Å². The van der Waals surface area contributed by atoms with Gasteiger partial charge in [-0.3, -0.25) is 9.59 Å². The van der Waals surface area contributed by atoms with Crippen molar-refractivity contribution in [3.8, 4) is 0 Å². The van der Waals surface area contributed by atoms with Crippen LogP contribution in [0, 0.1) is 6.92 Å². The summed E-state index contributed by atoms with van der Waals surface area (Å²) in [6.45, 7) is 5.33. The van der Waals surface area contributed by atoms with E-state index < -0.39 is 6.04 Å². The number of hydrogen-bond acceptors (Lipinski definition) is 4. The van der Waals surface area contributed by atoms with Gasteiger partial charge in [0, 0.05) is 44.5 Å². The van der Waals surface area contributed by atoms with Crippen molar-refractivity contribution in [2.45, 2.75) is 45.3 Å². The molecule has 0 bridgehead atoms. The van der Waals surface area contributed by atoms with Crippen molar-refractivity contribution in [1.82, 2.24) is 19.8 Å². The summed E-state index contributed by atoms with van der Waals surface area (Å²) in [5.41, 5.74) is 5.91. The summed E-state index contributed by atoms with van der Waals surface area (Å²) in [6, 6.07) is -0.562. The zero-order valence-electron chi connectivity index (χ0n) is 12.6. The van der Waals surface area contributed by atoms with Gasteiger partial charge in [0.2, 0.25) is 11.8 Å². The Labute approximate surface area is 124 Å². The van der Waals surface area contributed by atoms with Crippen LogP contribution in [0.25, 0.3) is 0 Å². The van der Waals surface area contributed by atoms with Gasteiger partial charge >= 0.3 is 0 Å². The Morgan fingerprint density at radius 1 is 1.52 bits per heavy atom. The van der Waals surface area contributed by atoms with Crippen molar-refractivity contribution in [1.29, 1.82) is 0 Å². The van der Waals surface area contributed by atoms with E-state index in [1.54, 1.807) is 11.1 Å². The van der Waals surface area contributed by atoms with E-state index in [1.165, 1.54) is 0 Å². The van der Waals surface area contributed by atoms with Crippen LogP contribution in [0.3, 0.4) is 0 Å². The second-order valence-corrected chi connectivity index (χ2v) is 5.37. The van der Waals surface area contributed by atoms with Gasteiger partial charge in [0.1, 0.15) is 11.9 Å². The van der Waals surface area contributed by atoms with Gasteiger partial charge in [-0.1, -0.05) is 0 Å². The maximum Gasteiger partial charge on any atom is 0.242 e. The van der Waals surface area contributed by atoms with Crippen LogP contribution in [0.1, 0.15) is 25.6 Å². The van der Waals surface area contributed by atoms with E-state index in [1.807, 2.05) is 24.6 Å². The van der Waals surface area contributed by atoms with Crippen LogP contribution in [0.4, 0.5) is 0 Å². The fourth-order valence-corrected chi connectivity index (χ4v) is 2.68. The molecule has 0 aliphatic carbocycles. The molecule has 2 amide bonds. The van der Waals surface area contributed by atoms with Crippen LogP contribution in [0.15, 0.2) is 12.4 Å². The Bertz CT molecular complexity index is 513. The lowest BCUT2D eigenvalue weighted by atomic mass is 10.1. The molecule has 0 radical (unpaired) electrons. The predicted molar refractivity (Wildman–Crippen MR) is 78.4 cm³/mol. The van der Waals surface area contributed by atoms with Crippen LogP contribution in [-0.4, -0.2) is 51.4 Å². The Morgan fingerprint density at radius 2 is 2.29 bits per heavy atom. The smallest absolute Gasteiger partial charge is 0.242 e. The van der Waals surface area contributed by atoms with E-state index >= 15 is 0 Å². The van der Waals surface area contributed by atoms with Gasteiger partial charge in [0.15, 0.2) is 0 Å². The minimum atomic E-state index is -0.434. The van der Waals surface area contributed by atoms with Crippen LogP contribution < -0.4 is 11.1 Å². The highest BCUT2D eigenvalue weighted by atomic mass is 16.2. The minimum absolute atomic E-state index is 0.0349. The molecule has 1 aromatic heterocycles. The highest BCUT2D eigenvalue weighted by Gasteiger charge is 2.37. The van der Waals surface area contributed by atoms with E-state index in [9.17, 15) is 9.59 Å². The number of carbonyl (C=O) groups is 2. The van der Waals surface area contributed by atoms with Gasteiger partial charge in [0.05, 0.1) is 0 Å². The maximum absolute atomic E-state index is 12.4. The number of nitrogens with two attached hydrogens (primary N) is 1. The molecule has 2 rings (SSSR count). The largest absolute Gasteiger partial charge is 0.355 e. The van der Waals surface area contributed by atoms with Gasteiger partial charge in [-0.2, -0.15) is 0 Å². The number of nitrogens with one attached hydrogen (secondary N) is 1. The van der Waals surface area contributed by atoms with Crippen LogP contribution in [0.5, 0.6) is 0 Å². The molecule has 116 valence electrons. The lowest BCUT2D eigenvalue weighted by Crippen LogP contribution is -2.46. The zero-order valence-corrected chi connectivity index (χ0v) is 12.6. The molecule has 2 atom stereocenters. The third-order valence-electron chi connectivity index (χ3n) is 3.80. The number of amides is 2. The molecule has 0 saturated carbocycles. The van der Waals surface area contributed by atoms with E-state index in [0.717, 1.165) is 5.82 Å². The molecule has 7 heteroatoms. The van der Waals surface area contributed by atoms with Crippen molar-refractivity contribution in [3.63, 3.8) is 0 Å². The zero-order chi connectivity index (χ0) is 15.4. The SMILES string of the molecule is CCNC(=O)[C@@H]1C[C@@H](N)CN1C(=O)CCn1ccnc1C. The number of hydrogen-bond donors (Lipinski definition) is 2. The number of aryl methyl sites for hydroxylation is 2. The summed E-state index contributed by atoms with van der Waals surface area (Å²) in [6.07, 6.45) is 4.43. The summed E-state index contributed by atoms with van der Waals surface area (Å²) >= 11 is 0. The second kappa shape index (κ2) is 6.71. The maximum atomic E-state index is 12.4. The average Bonchev–Trinajstić information content (AvgIpc) is 3.02. The fraction of sp³-hybridized carbons (Fsp3) is 0.643. The predicted octanol–water partition coefficient (Wildman–Crippen LogP) is -0.354. The van der Waals surface area contributed by atoms with Gasteiger partial charge in [-0.15, -0.1) is 0 Å². The molecular formula is C14H23N5O2. The monoisotopic (exact) mass is 293 g/mol. The third-order valence-corrected chi connectivity index (χ3v) is 3.80. The molecule has 3 N–H and O–H groups in total. The number of nitrogens with zero attached hydrogens (tertiary/aromatic N) is 3. The van der Waals surface area contributed by atoms with Gasteiger partial charge in [-0.05, 0) is 20.3 Å². The Balaban J connectivity index is 1.96. The summed E-state index contributed by atoms with van der Waals surface area (Å²) in [5, 5.41) is 2.77. The topological polar surface area (TPSA) is 93.3 Å². The minimum Gasteiger partial charge on any atom is -0.355 e. The van der Waals surface area contributed by atoms with E-state index in [0.29, 0.717) is 32.5 Å². The van der Waals surface area contributed by atoms with Crippen LogP contribution in [0.2, 0.25) is 0 Å². The van der Waals surface area contributed by atoms with Gasteiger partial charge in [-0.25, -0.2) is 4.98 Å². The highest BCUT2D eigenvalue weighted by Crippen LogP contribution is 2.18. The Hall–Kier alpha value is -1.89. The van der Waals surface area contributed by atoms with E-state index in [-0.39, 0.29) is 17.9 Å². The molecule has 1 saturated heterocycles. The molecule has 1 aliphatic rings. The van der Waals surface area contributed by atoms with Crippen molar-refractivity contribution < 1.29 is 9.59 Å². The van der Waals surface area contributed by atoms with Gasteiger partial charge in [0.25, 0.3) is 0 Å². The Morgan fingerprint density at radius 3 is 2.90 bits per heavy atom. The summed E-state index contributed by atoms with van der Waals surface area (Å²) < 4.78 is 1.93. The highest BCUT2D eigenvalue weighted by molar-refractivity contribution is 5.88. The first-order valence-electron chi connectivity index (χ1n) is 7.33. The van der Waals surface area contributed by atoms with Crippen molar-refractivity contribution in [2.24, 2.45) is 5.73 Å². The summed E-state index contributed by atoms with van der Waals surface area (Å²) in [7, 11) is 0. The molecule has 1 aromatic rings. The normalized spacial score (nSPS) is 21.6. The lowest BCUT2D eigenvalue weighted by molar-refractivity contribution is -0.138. The number of rotatable bonds is 5. The van der Waals surface area contributed by atoms with Crippen molar-refractivity contribution in [3.05, 3.63) is 18.2 Å². The number of carbonyl (C=O) groups excluding carboxylic acids is 2. The molecular weight excluding hydrogens is 270 g/mol. The standard InChI is InChI=1S/C14H23N5O2/c1-3-16-14(21)12-8-11(15)9-19(12)13(20)4-6-18-7-5-17-10(18)2/h5,7,11-12H,3-4,6,8-9,15H2,1-2H3,(H,16,21)/t11-,12+/m1/s1. The molecule has 0 aromatic carbocycles. The average molecular weight is 293 g/mol. The molecule has 0 unspecified atom stereocenters. The third kappa shape index (κ3) is 3.60. The molecule has 7 nitrogen and oxygen atoms in total. The molecule has 1 aliphatic heterocycles. The first-order chi connectivity index (χ1) is 10.0. The summed E-state index contributed by atoms with van der Waals surface area (Å²) in [5.74, 6) is 0.728.